The molecule has 0 fully saturated rings. The molecule has 0 aliphatic carbocycles. The van der Waals surface area contributed by atoms with Gasteiger partial charge in [-0.2, -0.15) is 4.72 Å². The van der Waals surface area contributed by atoms with Gasteiger partial charge < -0.3 is 10.1 Å². The number of nitrogens with one attached hydrogen (secondary N) is 2. The molecular formula is C19H23ClN2O4S. The summed E-state index contributed by atoms with van der Waals surface area (Å²) in [5, 5.41) is 2.99. The van der Waals surface area contributed by atoms with E-state index in [4.69, 9.17) is 16.3 Å². The molecule has 0 aromatic heterocycles. The molecule has 6 nitrogen and oxygen atoms in total. The number of halogens is 1. The first-order valence-corrected chi connectivity index (χ1v) is 10.3. The van der Waals surface area contributed by atoms with Gasteiger partial charge in [-0.25, -0.2) is 8.42 Å². The molecule has 0 bridgehead atoms. The van der Waals surface area contributed by atoms with Gasteiger partial charge in [0.1, 0.15) is 5.75 Å². The highest BCUT2D eigenvalue weighted by Crippen LogP contribution is 2.27. The maximum atomic E-state index is 12.6. The first-order valence-electron chi connectivity index (χ1n) is 8.44. The van der Waals surface area contributed by atoms with Crippen molar-refractivity contribution in [1.29, 1.82) is 0 Å². The number of ether oxygens (including phenoxy) is 1. The number of aryl methyl sites for hydroxylation is 2. The molecule has 1 unspecified atom stereocenters. The molecular weight excluding hydrogens is 388 g/mol. The van der Waals surface area contributed by atoms with Crippen LogP contribution in [0.25, 0.3) is 0 Å². The zero-order valence-corrected chi connectivity index (χ0v) is 17.2. The topological polar surface area (TPSA) is 84.5 Å². The van der Waals surface area contributed by atoms with Crippen molar-refractivity contribution in [2.24, 2.45) is 0 Å². The average molecular weight is 411 g/mol. The van der Waals surface area contributed by atoms with Gasteiger partial charge >= 0.3 is 0 Å². The largest absolute Gasteiger partial charge is 0.495 e. The summed E-state index contributed by atoms with van der Waals surface area (Å²) >= 11 is 6.00. The molecule has 2 aromatic rings. The van der Waals surface area contributed by atoms with Crippen molar-refractivity contribution >= 4 is 33.2 Å². The highest BCUT2D eigenvalue weighted by atomic mass is 35.5. The number of para-hydroxylation sites is 1. The Morgan fingerprint density at radius 2 is 1.96 bits per heavy atom. The van der Waals surface area contributed by atoms with Crippen LogP contribution in [0.4, 0.5) is 5.69 Å². The fourth-order valence-corrected chi connectivity index (χ4v) is 4.15. The third kappa shape index (κ3) is 5.00. The van der Waals surface area contributed by atoms with E-state index in [1.54, 1.807) is 0 Å². The Hall–Kier alpha value is -2.09. The van der Waals surface area contributed by atoms with Gasteiger partial charge in [-0.1, -0.05) is 36.7 Å². The minimum Gasteiger partial charge on any atom is -0.495 e. The van der Waals surface area contributed by atoms with Crippen LogP contribution in [-0.4, -0.2) is 27.5 Å². The normalized spacial score (nSPS) is 12.5. The molecule has 0 saturated heterocycles. The number of benzene rings is 2. The monoisotopic (exact) mass is 410 g/mol. The summed E-state index contributed by atoms with van der Waals surface area (Å²) in [5.41, 5.74) is 2.61. The predicted molar refractivity (Wildman–Crippen MR) is 107 cm³/mol. The van der Waals surface area contributed by atoms with E-state index in [1.165, 1.54) is 32.2 Å². The number of anilines is 1. The lowest BCUT2D eigenvalue weighted by Crippen LogP contribution is -2.41. The van der Waals surface area contributed by atoms with Gasteiger partial charge in [0, 0.05) is 5.69 Å². The van der Waals surface area contributed by atoms with E-state index in [0.717, 1.165) is 17.5 Å². The highest BCUT2D eigenvalue weighted by molar-refractivity contribution is 7.89. The van der Waals surface area contributed by atoms with Crippen LogP contribution in [0.2, 0.25) is 5.02 Å². The van der Waals surface area contributed by atoms with Crippen LogP contribution >= 0.6 is 11.6 Å². The van der Waals surface area contributed by atoms with E-state index in [2.05, 4.69) is 10.0 Å². The van der Waals surface area contributed by atoms with E-state index in [0.29, 0.717) is 11.4 Å². The van der Waals surface area contributed by atoms with Gasteiger partial charge in [0.15, 0.2) is 0 Å². The standard InChI is InChI=1S/C19H23ClN2O4S/c1-5-14-8-6-7-12(2)18(14)21-19(23)13(3)22-27(24,25)15-9-10-17(26-4)16(20)11-15/h6-11,13,22H,5H2,1-4H3,(H,21,23). The third-order valence-electron chi connectivity index (χ3n) is 4.15. The van der Waals surface area contributed by atoms with Gasteiger partial charge in [-0.05, 0) is 49.6 Å². The smallest absolute Gasteiger partial charge is 0.242 e. The maximum absolute atomic E-state index is 12.6. The number of amides is 1. The summed E-state index contributed by atoms with van der Waals surface area (Å²) < 4.78 is 32.5. The van der Waals surface area contributed by atoms with Crippen LogP contribution in [0.1, 0.15) is 25.0 Å². The van der Waals surface area contributed by atoms with Crippen molar-refractivity contribution in [1.82, 2.24) is 4.72 Å². The van der Waals surface area contributed by atoms with Gasteiger partial charge in [0.05, 0.1) is 23.1 Å². The van der Waals surface area contributed by atoms with Crippen molar-refractivity contribution in [3.05, 3.63) is 52.5 Å². The highest BCUT2D eigenvalue weighted by Gasteiger charge is 2.23. The van der Waals surface area contributed by atoms with Gasteiger partial charge in [-0.3, -0.25) is 4.79 Å². The predicted octanol–water partition coefficient (Wildman–Crippen LogP) is 3.52. The van der Waals surface area contributed by atoms with E-state index < -0.39 is 22.0 Å². The molecule has 8 heteroatoms. The molecule has 146 valence electrons. The summed E-state index contributed by atoms with van der Waals surface area (Å²) in [7, 11) is -2.48. The molecule has 0 aliphatic heterocycles. The summed E-state index contributed by atoms with van der Waals surface area (Å²) in [4.78, 5) is 12.5. The van der Waals surface area contributed by atoms with E-state index in [-0.39, 0.29) is 9.92 Å². The summed E-state index contributed by atoms with van der Waals surface area (Å²) in [6, 6.07) is 8.88. The van der Waals surface area contributed by atoms with Crippen LogP contribution in [-0.2, 0) is 21.2 Å². The lowest BCUT2D eigenvalue weighted by atomic mass is 10.1. The Morgan fingerprint density at radius 3 is 2.56 bits per heavy atom. The fourth-order valence-electron chi connectivity index (χ4n) is 2.60. The van der Waals surface area contributed by atoms with Crippen molar-refractivity contribution in [3.8, 4) is 5.75 Å². The number of carbonyl (C=O) groups excluding carboxylic acids is 1. The molecule has 0 saturated carbocycles. The Balaban J connectivity index is 2.17. The number of methoxy groups -OCH3 is 1. The SMILES string of the molecule is CCc1cccc(C)c1NC(=O)C(C)NS(=O)(=O)c1ccc(OC)c(Cl)c1. The van der Waals surface area contributed by atoms with Crippen LogP contribution in [0, 0.1) is 6.92 Å². The Labute approximate surface area is 164 Å². The third-order valence-corrected chi connectivity index (χ3v) is 5.98. The number of sulfonamides is 1. The van der Waals surface area contributed by atoms with E-state index in [1.807, 2.05) is 32.0 Å². The number of hydrogen-bond acceptors (Lipinski definition) is 4. The van der Waals surface area contributed by atoms with Gasteiger partial charge in [0.2, 0.25) is 15.9 Å². The van der Waals surface area contributed by atoms with Crippen LogP contribution in [0.3, 0.4) is 0 Å². The van der Waals surface area contributed by atoms with Crippen LogP contribution in [0.15, 0.2) is 41.3 Å². The number of hydrogen-bond donors (Lipinski definition) is 2. The Morgan fingerprint density at radius 1 is 1.26 bits per heavy atom. The maximum Gasteiger partial charge on any atom is 0.242 e. The minimum atomic E-state index is -3.92. The first kappa shape index (κ1) is 21.2. The van der Waals surface area contributed by atoms with Crippen molar-refractivity contribution < 1.29 is 17.9 Å². The molecule has 2 rings (SSSR count). The quantitative estimate of drug-likeness (QED) is 0.731. The molecule has 0 heterocycles. The Bertz CT molecular complexity index is 945. The molecule has 2 aromatic carbocycles. The fraction of sp³-hybridized carbons (Fsp3) is 0.316. The number of rotatable bonds is 7. The van der Waals surface area contributed by atoms with Crippen molar-refractivity contribution in [2.75, 3.05) is 12.4 Å². The van der Waals surface area contributed by atoms with Crippen molar-refractivity contribution in [3.63, 3.8) is 0 Å². The molecule has 0 spiro atoms. The minimum absolute atomic E-state index is 0.0434. The summed E-state index contributed by atoms with van der Waals surface area (Å²) in [5.74, 6) is -0.0739. The lowest BCUT2D eigenvalue weighted by molar-refractivity contribution is -0.117. The summed E-state index contributed by atoms with van der Waals surface area (Å²) in [6.07, 6.45) is 0.752. The van der Waals surface area contributed by atoms with Gasteiger partial charge in [-0.15, -0.1) is 0 Å². The molecule has 1 atom stereocenters. The van der Waals surface area contributed by atoms with Crippen molar-refractivity contribution in [2.45, 2.75) is 38.1 Å². The van der Waals surface area contributed by atoms with E-state index >= 15 is 0 Å². The lowest BCUT2D eigenvalue weighted by Gasteiger charge is -2.18. The average Bonchev–Trinajstić information content (AvgIpc) is 2.62. The molecule has 0 radical (unpaired) electrons. The second-order valence-corrected chi connectivity index (χ2v) is 8.21. The molecule has 2 N–H and O–H groups in total. The number of carbonyl (C=O) groups is 1. The van der Waals surface area contributed by atoms with Crippen LogP contribution < -0.4 is 14.8 Å². The zero-order chi connectivity index (χ0) is 20.2. The second-order valence-electron chi connectivity index (χ2n) is 6.09. The van der Waals surface area contributed by atoms with Gasteiger partial charge in [0.25, 0.3) is 0 Å². The zero-order valence-electron chi connectivity index (χ0n) is 15.7. The first-order chi connectivity index (χ1) is 12.7. The summed E-state index contributed by atoms with van der Waals surface area (Å²) in [6.45, 7) is 5.37. The molecule has 27 heavy (non-hydrogen) atoms. The second kappa shape index (κ2) is 8.73. The molecule has 1 amide bonds. The Kier molecular flexibility index (Phi) is 6.86. The van der Waals surface area contributed by atoms with Crippen LogP contribution in [0.5, 0.6) is 5.75 Å². The van der Waals surface area contributed by atoms with E-state index in [9.17, 15) is 13.2 Å². The molecule has 0 aliphatic rings.